The molecule has 0 spiro atoms. The Morgan fingerprint density at radius 1 is 0.600 bits per heavy atom. The van der Waals surface area contributed by atoms with E-state index in [1.165, 1.54) is 12.1 Å². The van der Waals surface area contributed by atoms with Crippen LogP contribution in [-0.2, 0) is 11.3 Å². The summed E-state index contributed by atoms with van der Waals surface area (Å²) in [5, 5.41) is 18.6. The van der Waals surface area contributed by atoms with Crippen LogP contribution >= 0.6 is 0 Å². The van der Waals surface area contributed by atoms with E-state index in [0.29, 0.717) is 18.3 Å². The van der Waals surface area contributed by atoms with Crippen molar-refractivity contribution >= 4 is 5.57 Å². The van der Waals surface area contributed by atoms with E-state index in [2.05, 4.69) is 0 Å². The first kappa shape index (κ1) is 28.1. The van der Waals surface area contributed by atoms with Crippen LogP contribution in [0, 0.1) is 46.7 Å². The first-order valence-corrected chi connectivity index (χ1v) is 13.3. The maximum absolute atomic E-state index is 14.8. The van der Waals surface area contributed by atoms with Crippen LogP contribution in [0.25, 0.3) is 16.7 Å². The fourth-order valence-corrected chi connectivity index (χ4v) is 5.91. The average Bonchev–Trinajstić information content (AvgIpc) is 2.96. The number of phenolic OH excluding ortho intramolecular Hbond substituents is 2. The predicted octanol–water partition coefficient (Wildman–Crippen LogP) is 8.56. The third-order valence-electron chi connectivity index (χ3n) is 8.23. The van der Waals surface area contributed by atoms with E-state index in [1.807, 2.05) is 6.08 Å². The Labute approximate surface area is 227 Å². The minimum atomic E-state index is -1.54. The first-order chi connectivity index (χ1) is 19.2. The molecule has 2 aliphatic rings. The molecule has 0 amide bonds. The maximum atomic E-state index is 14.8. The number of hydrogen-bond acceptors (Lipinski definition) is 3. The molecule has 212 valence electrons. The second-order valence-electron chi connectivity index (χ2n) is 10.5. The van der Waals surface area contributed by atoms with E-state index >= 15 is 0 Å². The second kappa shape index (κ2) is 11.6. The SMILES string of the molecule is Oc1ccc(C2=CCC(C3CCC(OCc4ccc(-c5ccc(O)c(F)c5F)c(F)c4F)CC3)CC2)c(F)c1F. The molecule has 1 unspecified atom stereocenters. The molecule has 2 N–H and O–H groups in total. The van der Waals surface area contributed by atoms with Crippen molar-refractivity contribution in [2.24, 2.45) is 11.8 Å². The van der Waals surface area contributed by atoms with Crippen molar-refractivity contribution in [3.05, 3.63) is 88.5 Å². The molecule has 1 atom stereocenters. The minimum absolute atomic E-state index is 0.0362. The average molecular weight is 563 g/mol. The monoisotopic (exact) mass is 562 g/mol. The highest BCUT2D eigenvalue weighted by Crippen LogP contribution is 2.41. The number of allylic oxidation sites excluding steroid dienone is 2. The Balaban J connectivity index is 1.15. The topological polar surface area (TPSA) is 49.7 Å². The van der Waals surface area contributed by atoms with Crippen molar-refractivity contribution in [2.75, 3.05) is 0 Å². The van der Waals surface area contributed by atoms with Crippen LogP contribution in [0.3, 0.4) is 0 Å². The molecular formula is C31H28F6O3. The number of halogens is 6. The summed E-state index contributed by atoms with van der Waals surface area (Å²) in [5.74, 6) is -8.59. The Kier molecular flexibility index (Phi) is 8.12. The molecule has 40 heavy (non-hydrogen) atoms. The van der Waals surface area contributed by atoms with Gasteiger partial charge >= 0.3 is 0 Å². The Hall–Kier alpha value is -3.46. The molecular weight excluding hydrogens is 534 g/mol. The molecule has 1 saturated carbocycles. The number of aromatic hydroxyl groups is 2. The zero-order valence-corrected chi connectivity index (χ0v) is 21.5. The van der Waals surface area contributed by atoms with E-state index in [1.54, 1.807) is 0 Å². The van der Waals surface area contributed by atoms with Gasteiger partial charge in [-0.3, -0.25) is 0 Å². The summed E-state index contributed by atoms with van der Waals surface area (Å²) < 4.78 is 91.2. The third-order valence-corrected chi connectivity index (χ3v) is 8.23. The summed E-state index contributed by atoms with van der Waals surface area (Å²) in [4.78, 5) is 0. The van der Waals surface area contributed by atoms with Gasteiger partial charge in [0.2, 0.25) is 11.6 Å². The minimum Gasteiger partial charge on any atom is -0.505 e. The van der Waals surface area contributed by atoms with Crippen molar-refractivity contribution in [1.82, 2.24) is 0 Å². The van der Waals surface area contributed by atoms with Crippen LogP contribution in [0.2, 0.25) is 0 Å². The summed E-state index contributed by atoms with van der Waals surface area (Å²) in [6.45, 7) is -0.172. The molecule has 2 aliphatic carbocycles. The van der Waals surface area contributed by atoms with Gasteiger partial charge in [-0.2, -0.15) is 8.78 Å². The van der Waals surface area contributed by atoms with Gasteiger partial charge in [0.1, 0.15) is 0 Å². The molecule has 0 bridgehead atoms. The van der Waals surface area contributed by atoms with Gasteiger partial charge < -0.3 is 14.9 Å². The maximum Gasteiger partial charge on any atom is 0.200 e. The number of hydrogen-bond donors (Lipinski definition) is 2. The fourth-order valence-electron chi connectivity index (χ4n) is 5.91. The van der Waals surface area contributed by atoms with Crippen molar-refractivity contribution in [1.29, 1.82) is 0 Å². The Bertz CT molecular complexity index is 1450. The third kappa shape index (κ3) is 5.44. The normalized spacial score (nSPS) is 21.4. The lowest BCUT2D eigenvalue weighted by Gasteiger charge is -2.35. The Morgan fingerprint density at radius 2 is 1.15 bits per heavy atom. The lowest BCUT2D eigenvalue weighted by atomic mass is 9.73. The summed E-state index contributed by atoms with van der Waals surface area (Å²) in [6, 6.07) is 6.85. The predicted molar refractivity (Wildman–Crippen MR) is 137 cm³/mol. The van der Waals surface area contributed by atoms with Crippen LogP contribution in [0.15, 0.2) is 42.5 Å². The molecule has 9 heteroatoms. The van der Waals surface area contributed by atoms with Gasteiger partial charge in [-0.1, -0.05) is 18.2 Å². The van der Waals surface area contributed by atoms with E-state index in [0.717, 1.165) is 68.4 Å². The zero-order chi connectivity index (χ0) is 28.6. The molecule has 3 nitrogen and oxygen atoms in total. The molecule has 0 radical (unpaired) electrons. The van der Waals surface area contributed by atoms with Crippen LogP contribution < -0.4 is 0 Å². The van der Waals surface area contributed by atoms with Crippen molar-refractivity contribution in [3.8, 4) is 22.6 Å². The van der Waals surface area contributed by atoms with Gasteiger partial charge in [-0.15, -0.1) is 0 Å². The van der Waals surface area contributed by atoms with Gasteiger partial charge in [0, 0.05) is 22.3 Å². The van der Waals surface area contributed by atoms with Crippen LogP contribution in [0.1, 0.15) is 56.1 Å². The Morgan fingerprint density at radius 3 is 1.75 bits per heavy atom. The van der Waals surface area contributed by atoms with Crippen molar-refractivity contribution in [3.63, 3.8) is 0 Å². The molecule has 0 aliphatic heterocycles. The molecule has 5 rings (SSSR count). The molecule has 0 aromatic heterocycles. The summed E-state index contributed by atoms with van der Waals surface area (Å²) in [6.07, 6.45) is 7.29. The van der Waals surface area contributed by atoms with Gasteiger partial charge in [0.25, 0.3) is 0 Å². The van der Waals surface area contributed by atoms with Gasteiger partial charge in [-0.25, -0.2) is 17.6 Å². The fraction of sp³-hybridized carbons (Fsp3) is 0.355. The number of benzene rings is 3. The highest BCUT2D eigenvalue weighted by atomic mass is 19.2. The van der Waals surface area contributed by atoms with E-state index in [4.69, 9.17) is 4.74 Å². The quantitative estimate of drug-likeness (QED) is 0.296. The summed E-state index contributed by atoms with van der Waals surface area (Å²) in [5.41, 5.74) is -0.0688. The van der Waals surface area contributed by atoms with E-state index in [9.17, 15) is 36.6 Å². The van der Waals surface area contributed by atoms with E-state index < -0.39 is 57.5 Å². The van der Waals surface area contributed by atoms with Gasteiger partial charge in [0.05, 0.1) is 12.7 Å². The lowest BCUT2D eigenvalue weighted by molar-refractivity contribution is -0.000995. The van der Waals surface area contributed by atoms with Gasteiger partial charge in [-0.05, 0) is 86.6 Å². The first-order valence-electron chi connectivity index (χ1n) is 13.3. The largest absolute Gasteiger partial charge is 0.505 e. The molecule has 3 aromatic rings. The van der Waals surface area contributed by atoms with Crippen LogP contribution in [0.5, 0.6) is 11.5 Å². The standard InChI is InChI=1S/C31H28F6O3/c32-26-19(7-10-22(28(26)34)23-12-14-25(39)31(37)29(23)35)15-40-20-8-5-17(6-9-20)16-1-3-18(4-2-16)21-11-13-24(38)30(36)27(21)33/h3,7,10-14,16-17,20,38-39H,1-2,4-6,8-9,15H2. The number of phenols is 2. The summed E-state index contributed by atoms with van der Waals surface area (Å²) in [7, 11) is 0. The molecule has 3 aromatic carbocycles. The molecule has 0 saturated heterocycles. The lowest BCUT2D eigenvalue weighted by Crippen LogP contribution is -2.27. The van der Waals surface area contributed by atoms with Crippen LogP contribution in [0.4, 0.5) is 26.3 Å². The summed E-state index contributed by atoms with van der Waals surface area (Å²) >= 11 is 0. The van der Waals surface area contributed by atoms with E-state index in [-0.39, 0.29) is 23.8 Å². The molecule has 0 heterocycles. The van der Waals surface area contributed by atoms with Crippen LogP contribution in [-0.4, -0.2) is 16.3 Å². The highest BCUT2D eigenvalue weighted by molar-refractivity contribution is 5.68. The zero-order valence-electron chi connectivity index (χ0n) is 21.5. The molecule has 1 fully saturated rings. The smallest absolute Gasteiger partial charge is 0.200 e. The van der Waals surface area contributed by atoms with Crippen molar-refractivity contribution in [2.45, 2.75) is 57.7 Å². The van der Waals surface area contributed by atoms with Gasteiger partial charge in [0.15, 0.2) is 34.8 Å². The highest BCUT2D eigenvalue weighted by Gasteiger charge is 2.30. The van der Waals surface area contributed by atoms with Crippen molar-refractivity contribution < 1.29 is 41.3 Å². The second-order valence-corrected chi connectivity index (χ2v) is 10.5. The number of rotatable bonds is 6. The number of ether oxygens (including phenoxy) is 1.